The highest BCUT2D eigenvalue weighted by atomic mass is 32.1. The van der Waals surface area contributed by atoms with E-state index in [-0.39, 0.29) is 18.3 Å². The molecule has 3 aromatic heterocycles. The van der Waals surface area contributed by atoms with Crippen molar-refractivity contribution >= 4 is 39.2 Å². The maximum atomic E-state index is 12.4. The van der Waals surface area contributed by atoms with Gasteiger partial charge in [0.25, 0.3) is 5.78 Å². The summed E-state index contributed by atoms with van der Waals surface area (Å²) in [6, 6.07) is 7.93. The highest BCUT2D eigenvalue weighted by Gasteiger charge is 2.15. The molecule has 0 saturated heterocycles. The molecule has 0 aliphatic carbocycles. The first-order valence-electron chi connectivity index (χ1n) is 8.11. The van der Waals surface area contributed by atoms with Gasteiger partial charge >= 0.3 is 0 Å². The molecule has 1 aromatic carbocycles. The third-order valence-corrected chi connectivity index (χ3v) is 5.21. The Bertz CT molecular complexity index is 1100. The number of nitrogens with two attached hydrogens (primary N) is 1. The number of nitrogens with one attached hydrogen (secondary N) is 1. The van der Waals surface area contributed by atoms with Crippen molar-refractivity contribution in [3.63, 3.8) is 0 Å². The first kappa shape index (κ1) is 16.4. The lowest BCUT2D eigenvalue weighted by Crippen LogP contribution is -2.25. The van der Waals surface area contributed by atoms with Crippen molar-refractivity contribution in [3.8, 4) is 0 Å². The van der Waals surface area contributed by atoms with Crippen molar-refractivity contribution in [1.82, 2.24) is 29.9 Å². The highest BCUT2D eigenvalue weighted by molar-refractivity contribution is 7.18. The van der Waals surface area contributed by atoms with E-state index in [2.05, 4.69) is 25.4 Å². The first-order chi connectivity index (χ1) is 12.5. The zero-order valence-electron chi connectivity index (χ0n) is 14.4. The van der Waals surface area contributed by atoms with Crippen LogP contribution in [0.3, 0.4) is 0 Å². The van der Waals surface area contributed by atoms with Crippen LogP contribution in [0.4, 0.5) is 5.95 Å². The summed E-state index contributed by atoms with van der Waals surface area (Å²) in [5, 5.41) is 7.93. The number of nitrogen functional groups attached to an aromatic ring is 1. The lowest BCUT2D eigenvalue weighted by molar-refractivity contribution is -0.120. The molecular weight excluding hydrogens is 350 g/mol. The van der Waals surface area contributed by atoms with Gasteiger partial charge in [-0.3, -0.25) is 4.79 Å². The van der Waals surface area contributed by atoms with Gasteiger partial charge in [0.15, 0.2) is 0 Å². The molecule has 8 nitrogen and oxygen atoms in total. The summed E-state index contributed by atoms with van der Waals surface area (Å²) in [5.41, 5.74) is 8.97. The topological polar surface area (TPSA) is 111 Å². The number of rotatable bonds is 4. The molecule has 132 valence electrons. The maximum Gasteiger partial charge on any atom is 0.254 e. The maximum absolute atomic E-state index is 12.4. The van der Waals surface area contributed by atoms with Crippen LogP contribution in [0.1, 0.15) is 22.0 Å². The number of para-hydroxylation sites is 1. The minimum Gasteiger partial charge on any atom is -0.366 e. The van der Waals surface area contributed by atoms with Gasteiger partial charge in [-0.25, -0.2) is 9.97 Å². The third kappa shape index (κ3) is 2.97. The number of fused-ring (bicyclic) bond motifs is 2. The van der Waals surface area contributed by atoms with Gasteiger partial charge in [0.2, 0.25) is 11.9 Å². The fourth-order valence-corrected chi connectivity index (χ4v) is 3.78. The van der Waals surface area contributed by atoms with E-state index in [1.54, 1.807) is 15.9 Å². The van der Waals surface area contributed by atoms with Crippen molar-refractivity contribution in [2.75, 3.05) is 5.73 Å². The van der Waals surface area contributed by atoms with Crippen LogP contribution in [0.2, 0.25) is 0 Å². The molecule has 26 heavy (non-hydrogen) atoms. The number of benzene rings is 1. The molecule has 4 aromatic rings. The number of thiazole rings is 1. The van der Waals surface area contributed by atoms with Gasteiger partial charge in [0, 0.05) is 17.0 Å². The number of hydrogen-bond acceptors (Lipinski definition) is 7. The summed E-state index contributed by atoms with van der Waals surface area (Å²) in [6.45, 7) is 4.14. The standard InChI is InChI=1S/C17H17N7OS/c1-9-11(10(2)24-17(20-9)22-16(18)23-24)7-14(25)19-8-15-21-12-5-3-4-6-13(12)26-15/h3-6H,7-8H2,1-2H3,(H2,18,23)(H,19,25). The zero-order chi connectivity index (χ0) is 18.3. The van der Waals surface area contributed by atoms with Crippen molar-refractivity contribution in [2.45, 2.75) is 26.8 Å². The Hall–Kier alpha value is -3.07. The number of amides is 1. The van der Waals surface area contributed by atoms with E-state index >= 15 is 0 Å². The number of aromatic nitrogens is 5. The average Bonchev–Trinajstić information content (AvgIpc) is 3.19. The number of carbonyl (C=O) groups is 1. The smallest absolute Gasteiger partial charge is 0.254 e. The molecule has 3 heterocycles. The summed E-state index contributed by atoms with van der Waals surface area (Å²) in [7, 11) is 0. The van der Waals surface area contributed by atoms with Crippen LogP contribution in [0.5, 0.6) is 0 Å². The van der Waals surface area contributed by atoms with Crippen LogP contribution in [0.15, 0.2) is 24.3 Å². The molecule has 0 fully saturated rings. The van der Waals surface area contributed by atoms with Crippen LogP contribution in [0.25, 0.3) is 16.0 Å². The first-order valence-corrected chi connectivity index (χ1v) is 8.92. The van der Waals surface area contributed by atoms with E-state index in [9.17, 15) is 4.79 Å². The fraction of sp³-hybridized carbons (Fsp3) is 0.235. The second kappa shape index (κ2) is 6.34. The van der Waals surface area contributed by atoms with E-state index in [4.69, 9.17) is 5.73 Å². The number of hydrogen-bond donors (Lipinski definition) is 2. The molecule has 3 N–H and O–H groups in total. The summed E-state index contributed by atoms with van der Waals surface area (Å²) >= 11 is 1.58. The minimum absolute atomic E-state index is 0.0929. The Morgan fingerprint density at radius 1 is 1.23 bits per heavy atom. The van der Waals surface area contributed by atoms with Crippen LogP contribution in [-0.4, -0.2) is 30.5 Å². The molecule has 0 aliphatic rings. The summed E-state index contributed by atoms with van der Waals surface area (Å²) in [4.78, 5) is 25.4. The van der Waals surface area contributed by atoms with Gasteiger partial charge in [-0.2, -0.15) is 9.50 Å². The van der Waals surface area contributed by atoms with Crippen LogP contribution in [0, 0.1) is 13.8 Å². The molecule has 1 amide bonds. The molecule has 0 spiro atoms. The van der Waals surface area contributed by atoms with Crippen LogP contribution >= 0.6 is 11.3 Å². The molecular formula is C17H17N7OS. The van der Waals surface area contributed by atoms with Gasteiger partial charge in [-0.15, -0.1) is 16.4 Å². The number of carbonyl (C=O) groups excluding carboxylic acids is 1. The van der Waals surface area contributed by atoms with Gasteiger partial charge in [-0.1, -0.05) is 12.1 Å². The summed E-state index contributed by atoms with van der Waals surface area (Å²) in [6.07, 6.45) is 0.214. The van der Waals surface area contributed by atoms with Crippen LogP contribution in [-0.2, 0) is 17.8 Å². The molecule has 9 heteroatoms. The molecule has 4 rings (SSSR count). The third-order valence-electron chi connectivity index (χ3n) is 4.18. The van der Waals surface area contributed by atoms with E-state index in [1.807, 2.05) is 38.1 Å². The summed E-state index contributed by atoms with van der Waals surface area (Å²) < 4.78 is 2.68. The fourth-order valence-electron chi connectivity index (χ4n) is 2.87. The van der Waals surface area contributed by atoms with Crippen molar-refractivity contribution in [2.24, 2.45) is 0 Å². The minimum atomic E-state index is -0.0929. The summed E-state index contributed by atoms with van der Waals surface area (Å²) in [5.74, 6) is 0.512. The SMILES string of the molecule is Cc1nc2nc(N)nn2c(C)c1CC(=O)NCc1nc2ccccc2s1. The normalized spacial score (nSPS) is 11.3. The Labute approximate surface area is 153 Å². The Morgan fingerprint density at radius 2 is 2.04 bits per heavy atom. The van der Waals surface area contributed by atoms with Crippen LogP contribution < -0.4 is 11.1 Å². The predicted molar refractivity (Wildman–Crippen MR) is 99.8 cm³/mol. The quantitative estimate of drug-likeness (QED) is 0.569. The van der Waals surface area contributed by atoms with Gasteiger partial charge in [-0.05, 0) is 26.0 Å². The second-order valence-corrected chi connectivity index (χ2v) is 7.09. The highest BCUT2D eigenvalue weighted by Crippen LogP contribution is 2.21. The van der Waals surface area contributed by atoms with Gasteiger partial charge in [0.05, 0.1) is 23.2 Å². The lowest BCUT2D eigenvalue weighted by atomic mass is 10.1. The largest absolute Gasteiger partial charge is 0.366 e. The van der Waals surface area contributed by atoms with E-state index in [0.717, 1.165) is 32.2 Å². The monoisotopic (exact) mass is 367 g/mol. The molecule has 0 unspecified atom stereocenters. The average molecular weight is 367 g/mol. The molecule has 0 saturated carbocycles. The number of nitrogens with zero attached hydrogens (tertiary/aromatic N) is 5. The molecule has 0 radical (unpaired) electrons. The number of anilines is 1. The predicted octanol–water partition coefficient (Wildman–Crippen LogP) is 1.79. The number of aryl methyl sites for hydroxylation is 2. The Balaban J connectivity index is 1.50. The van der Waals surface area contributed by atoms with Gasteiger partial charge < -0.3 is 11.1 Å². The molecule has 0 bridgehead atoms. The lowest BCUT2D eigenvalue weighted by Gasteiger charge is -2.10. The van der Waals surface area contributed by atoms with E-state index in [0.29, 0.717) is 12.3 Å². The zero-order valence-corrected chi connectivity index (χ0v) is 15.2. The van der Waals surface area contributed by atoms with Crippen molar-refractivity contribution in [3.05, 3.63) is 46.2 Å². The van der Waals surface area contributed by atoms with E-state index in [1.165, 1.54) is 0 Å². The molecule has 0 atom stereocenters. The van der Waals surface area contributed by atoms with Crippen molar-refractivity contribution in [1.29, 1.82) is 0 Å². The van der Waals surface area contributed by atoms with E-state index < -0.39 is 0 Å². The Morgan fingerprint density at radius 3 is 2.85 bits per heavy atom. The van der Waals surface area contributed by atoms with Crippen molar-refractivity contribution < 1.29 is 4.79 Å². The molecule has 0 aliphatic heterocycles. The second-order valence-electron chi connectivity index (χ2n) is 5.97. The Kier molecular flexibility index (Phi) is 4.00. The van der Waals surface area contributed by atoms with Gasteiger partial charge in [0.1, 0.15) is 5.01 Å².